The molecule has 0 spiro atoms. The lowest BCUT2D eigenvalue weighted by Crippen LogP contribution is -1.97. The average molecular weight is 480 g/mol. The smallest absolute Gasteiger partial charge is 0.271 e. The van der Waals surface area contributed by atoms with Gasteiger partial charge < -0.3 is 10.2 Å². The molecule has 0 saturated heterocycles. The van der Waals surface area contributed by atoms with Crippen LogP contribution in [0.25, 0.3) is 34.7 Å². The molecule has 0 amide bonds. The lowest BCUT2D eigenvalue weighted by molar-refractivity contribution is -0.384. The van der Waals surface area contributed by atoms with Crippen LogP contribution in [0.3, 0.4) is 0 Å². The molecule has 33 heavy (non-hydrogen) atoms. The summed E-state index contributed by atoms with van der Waals surface area (Å²) in [6, 6.07) is 17.2. The number of halogens is 2. The summed E-state index contributed by atoms with van der Waals surface area (Å²) >= 11 is 11.8. The fourth-order valence-corrected chi connectivity index (χ4v) is 3.31. The van der Waals surface area contributed by atoms with E-state index in [1.165, 1.54) is 30.4 Å². The lowest BCUT2D eigenvalue weighted by atomic mass is 10.1. The second-order valence-corrected chi connectivity index (χ2v) is 7.87. The van der Waals surface area contributed by atoms with Gasteiger partial charge in [-0.25, -0.2) is 9.97 Å². The Morgan fingerprint density at radius 2 is 1.21 bits per heavy atom. The van der Waals surface area contributed by atoms with E-state index in [-0.39, 0.29) is 34.1 Å². The Balaban J connectivity index is 1.87. The minimum absolute atomic E-state index is 0.0946. The highest BCUT2D eigenvalue weighted by molar-refractivity contribution is 6.30. The highest BCUT2D eigenvalue weighted by Gasteiger charge is 2.13. The number of fused-ring (bicyclic) bond motifs is 1. The summed E-state index contributed by atoms with van der Waals surface area (Å²) in [7, 11) is 0. The molecule has 7 nitrogen and oxygen atoms in total. The molecule has 0 unspecified atom stereocenters. The van der Waals surface area contributed by atoms with Gasteiger partial charge in [0.05, 0.1) is 27.3 Å². The normalized spacial score (nSPS) is 12.2. The zero-order chi connectivity index (χ0) is 23.5. The molecule has 0 atom stereocenters. The molecule has 4 rings (SSSR count). The van der Waals surface area contributed by atoms with Crippen LogP contribution in [0.4, 0.5) is 5.69 Å². The summed E-state index contributed by atoms with van der Waals surface area (Å²) in [5, 5.41) is 33.4. The largest absolute Gasteiger partial charge is 0.507 e. The van der Waals surface area contributed by atoms with Gasteiger partial charge in [0, 0.05) is 45.5 Å². The van der Waals surface area contributed by atoms with E-state index in [1.807, 2.05) is 0 Å². The van der Waals surface area contributed by atoms with E-state index >= 15 is 0 Å². The first kappa shape index (κ1) is 22.3. The van der Waals surface area contributed by atoms with E-state index in [1.54, 1.807) is 48.5 Å². The standard InChI is InChI=1S/C24H15Cl2N3O4/c25-16-5-1-14(2-6-16)23(30)12-21-22(13-24(31)15-3-7-17(26)8-4-15)28-20-11-18(29(32)33)9-10-19(20)27-21/h1-13,30-31H/b23-12+,24-13-. The zero-order valence-electron chi connectivity index (χ0n) is 16.8. The number of non-ortho nitro benzene ring substituents is 1. The molecule has 164 valence electrons. The van der Waals surface area contributed by atoms with Crippen LogP contribution in [0.2, 0.25) is 10.0 Å². The highest BCUT2D eigenvalue weighted by Crippen LogP contribution is 2.25. The number of aromatic nitrogens is 2. The third-order valence-corrected chi connectivity index (χ3v) is 5.24. The zero-order valence-corrected chi connectivity index (χ0v) is 18.3. The van der Waals surface area contributed by atoms with E-state index < -0.39 is 4.92 Å². The molecule has 0 aliphatic rings. The van der Waals surface area contributed by atoms with Gasteiger partial charge in [0.15, 0.2) is 0 Å². The van der Waals surface area contributed by atoms with Crippen molar-refractivity contribution in [1.82, 2.24) is 9.97 Å². The fraction of sp³-hybridized carbons (Fsp3) is 0. The summed E-state index contributed by atoms with van der Waals surface area (Å²) in [6.45, 7) is 0. The molecule has 0 aliphatic carbocycles. The number of rotatable bonds is 5. The van der Waals surface area contributed by atoms with Gasteiger partial charge in [-0.1, -0.05) is 23.2 Å². The minimum Gasteiger partial charge on any atom is -0.507 e. The van der Waals surface area contributed by atoms with Crippen LogP contribution in [0.1, 0.15) is 22.5 Å². The Kier molecular flexibility index (Phi) is 6.26. The first-order valence-corrected chi connectivity index (χ1v) is 10.3. The molecule has 1 aromatic heterocycles. The maximum Gasteiger partial charge on any atom is 0.271 e. The quantitative estimate of drug-likeness (QED) is 0.182. The molecule has 2 N–H and O–H groups in total. The van der Waals surface area contributed by atoms with Gasteiger partial charge in [-0.3, -0.25) is 10.1 Å². The summed E-state index contributed by atoms with van der Waals surface area (Å²) < 4.78 is 0. The molecule has 4 aromatic rings. The van der Waals surface area contributed by atoms with E-state index in [4.69, 9.17) is 23.2 Å². The molecule has 3 aromatic carbocycles. The number of nitro benzene ring substituents is 1. The maximum absolute atomic E-state index is 11.2. The molecule has 0 bridgehead atoms. The van der Waals surface area contributed by atoms with Gasteiger partial charge in [-0.2, -0.15) is 0 Å². The van der Waals surface area contributed by atoms with Gasteiger partial charge in [0.1, 0.15) is 11.5 Å². The molecule has 0 saturated carbocycles. The van der Waals surface area contributed by atoms with Gasteiger partial charge >= 0.3 is 0 Å². The molecule has 0 radical (unpaired) electrons. The van der Waals surface area contributed by atoms with Crippen molar-refractivity contribution in [3.05, 3.63) is 109 Å². The van der Waals surface area contributed by atoms with Crippen molar-refractivity contribution >= 4 is 63.6 Å². The predicted molar refractivity (Wildman–Crippen MR) is 130 cm³/mol. The van der Waals surface area contributed by atoms with Crippen molar-refractivity contribution < 1.29 is 15.1 Å². The fourth-order valence-electron chi connectivity index (χ4n) is 3.06. The van der Waals surface area contributed by atoms with Gasteiger partial charge in [0.2, 0.25) is 0 Å². The summed E-state index contributed by atoms with van der Waals surface area (Å²) in [4.78, 5) is 19.6. The Hall–Kier alpha value is -3.94. The molecule has 0 fully saturated rings. The van der Waals surface area contributed by atoms with Crippen LogP contribution in [0.15, 0.2) is 66.7 Å². The van der Waals surface area contributed by atoms with Gasteiger partial charge in [0.25, 0.3) is 5.69 Å². The number of benzene rings is 3. The highest BCUT2D eigenvalue weighted by atomic mass is 35.5. The number of nitrogens with zero attached hydrogens (tertiary/aromatic N) is 3. The monoisotopic (exact) mass is 479 g/mol. The van der Waals surface area contributed by atoms with Crippen LogP contribution in [-0.2, 0) is 0 Å². The Morgan fingerprint density at radius 1 is 0.758 bits per heavy atom. The predicted octanol–water partition coefficient (Wildman–Crippen LogP) is 6.96. The van der Waals surface area contributed by atoms with Crippen LogP contribution >= 0.6 is 23.2 Å². The van der Waals surface area contributed by atoms with Gasteiger partial charge in [-0.15, -0.1) is 0 Å². The van der Waals surface area contributed by atoms with E-state index in [9.17, 15) is 20.3 Å². The molecule has 0 aliphatic heterocycles. The first-order valence-electron chi connectivity index (χ1n) is 9.59. The van der Waals surface area contributed by atoms with Gasteiger partial charge in [-0.05, 0) is 54.6 Å². The summed E-state index contributed by atoms with van der Waals surface area (Å²) in [5.41, 5.74) is 1.96. The van der Waals surface area contributed by atoms with Crippen LogP contribution in [0.5, 0.6) is 0 Å². The number of nitro groups is 1. The van der Waals surface area contributed by atoms with Crippen molar-refractivity contribution in [3.63, 3.8) is 0 Å². The molecule has 1 heterocycles. The molecular formula is C24H15Cl2N3O4. The third-order valence-electron chi connectivity index (χ3n) is 4.74. The lowest BCUT2D eigenvalue weighted by Gasteiger charge is -2.07. The summed E-state index contributed by atoms with van der Waals surface area (Å²) in [5.74, 6) is -0.214. The third kappa shape index (κ3) is 5.11. The maximum atomic E-state index is 11.2. The Labute approximate surface area is 198 Å². The first-order chi connectivity index (χ1) is 15.8. The molecular weight excluding hydrogens is 465 g/mol. The van der Waals surface area contributed by atoms with Crippen LogP contribution in [0, 0.1) is 10.1 Å². The Bertz CT molecular complexity index is 1420. The minimum atomic E-state index is -0.526. The van der Waals surface area contributed by atoms with Crippen molar-refractivity contribution in [1.29, 1.82) is 0 Å². The van der Waals surface area contributed by atoms with Crippen molar-refractivity contribution in [3.8, 4) is 0 Å². The van der Waals surface area contributed by atoms with Crippen molar-refractivity contribution in [2.45, 2.75) is 0 Å². The second-order valence-electron chi connectivity index (χ2n) is 7.00. The summed E-state index contributed by atoms with van der Waals surface area (Å²) in [6.07, 6.45) is 2.77. The Morgan fingerprint density at radius 3 is 1.67 bits per heavy atom. The van der Waals surface area contributed by atoms with E-state index in [2.05, 4.69) is 9.97 Å². The SMILES string of the molecule is O=[N+]([O-])c1ccc2nc(/C=C(/O)c3ccc(Cl)cc3)c(/C=C(\O)c3ccc(Cl)cc3)nc2c1. The van der Waals surface area contributed by atoms with E-state index in [0.29, 0.717) is 26.7 Å². The molecule has 9 heteroatoms. The number of aliphatic hydroxyl groups is 2. The average Bonchev–Trinajstić information content (AvgIpc) is 2.79. The van der Waals surface area contributed by atoms with Crippen molar-refractivity contribution in [2.24, 2.45) is 0 Å². The number of hydrogen-bond acceptors (Lipinski definition) is 6. The van der Waals surface area contributed by atoms with Crippen molar-refractivity contribution in [2.75, 3.05) is 0 Å². The van der Waals surface area contributed by atoms with Crippen LogP contribution in [-0.4, -0.2) is 25.1 Å². The second kappa shape index (κ2) is 9.28. The topological polar surface area (TPSA) is 109 Å². The number of aliphatic hydroxyl groups excluding tert-OH is 2. The van der Waals surface area contributed by atoms with Crippen LogP contribution < -0.4 is 0 Å². The van der Waals surface area contributed by atoms with E-state index in [0.717, 1.165) is 0 Å². The number of hydrogen-bond donors (Lipinski definition) is 2.